The Labute approximate surface area is 246 Å². The molecule has 0 spiro atoms. The van der Waals surface area contributed by atoms with Gasteiger partial charge in [-0.15, -0.1) is 0 Å². The second kappa shape index (κ2) is 13.0. The van der Waals surface area contributed by atoms with Gasteiger partial charge in [0.05, 0.1) is 21.3 Å². The molecule has 0 unspecified atom stereocenters. The van der Waals surface area contributed by atoms with Gasteiger partial charge in [-0.3, -0.25) is 4.79 Å². The molecule has 0 aromatic heterocycles. The van der Waals surface area contributed by atoms with Gasteiger partial charge < -0.3 is 20.4 Å². The second-order valence-electron chi connectivity index (χ2n) is 11.0. The van der Waals surface area contributed by atoms with E-state index in [4.69, 9.17) is 23.2 Å². The average molecular weight is 580 g/mol. The molecule has 2 heterocycles. The van der Waals surface area contributed by atoms with Crippen LogP contribution in [0.2, 0.25) is 10.0 Å². The lowest BCUT2D eigenvalue weighted by atomic mass is 9.89. The van der Waals surface area contributed by atoms with E-state index in [1.165, 1.54) is 5.56 Å². The highest BCUT2D eigenvalue weighted by molar-refractivity contribution is 6.39. The van der Waals surface area contributed by atoms with Crippen LogP contribution in [0.4, 0.5) is 21.9 Å². The number of para-hydroxylation sites is 1. The van der Waals surface area contributed by atoms with E-state index in [9.17, 15) is 9.59 Å². The molecule has 0 aliphatic carbocycles. The van der Waals surface area contributed by atoms with E-state index in [1.54, 1.807) is 24.3 Å². The van der Waals surface area contributed by atoms with Crippen LogP contribution in [-0.4, -0.2) is 43.0 Å². The molecule has 6 nitrogen and oxygen atoms in total. The summed E-state index contributed by atoms with van der Waals surface area (Å²) >= 11 is 12.4. The molecule has 40 heavy (non-hydrogen) atoms. The van der Waals surface area contributed by atoms with Gasteiger partial charge in [-0.05, 0) is 79.8 Å². The fraction of sp³-hybridized carbons (Fsp3) is 0.375. The zero-order valence-electron chi connectivity index (χ0n) is 22.8. The summed E-state index contributed by atoms with van der Waals surface area (Å²) in [6.45, 7) is 5.53. The highest BCUT2D eigenvalue weighted by atomic mass is 35.5. The topological polar surface area (TPSA) is 64.7 Å². The molecule has 2 saturated heterocycles. The number of anilines is 3. The molecule has 2 fully saturated rings. The Morgan fingerprint density at radius 2 is 1.50 bits per heavy atom. The van der Waals surface area contributed by atoms with Crippen LogP contribution in [0.5, 0.6) is 0 Å². The summed E-state index contributed by atoms with van der Waals surface area (Å²) < 4.78 is 0. The number of rotatable bonds is 6. The smallest absolute Gasteiger partial charge is 0.323 e. The van der Waals surface area contributed by atoms with Crippen LogP contribution < -0.4 is 15.5 Å². The summed E-state index contributed by atoms with van der Waals surface area (Å²) in [5, 5.41) is 6.29. The Morgan fingerprint density at radius 1 is 0.825 bits per heavy atom. The first-order valence-electron chi connectivity index (χ1n) is 14.1. The van der Waals surface area contributed by atoms with E-state index in [2.05, 4.69) is 52.8 Å². The van der Waals surface area contributed by atoms with Crippen LogP contribution in [0, 0.1) is 11.8 Å². The molecule has 8 heteroatoms. The summed E-state index contributed by atoms with van der Waals surface area (Å²) in [5.74, 6) is 1.27. The first-order valence-corrected chi connectivity index (χ1v) is 14.9. The lowest BCUT2D eigenvalue weighted by molar-refractivity contribution is 0.0697. The number of halogens is 2. The number of benzene rings is 3. The van der Waals surface area contributed by atoms with Gasteiger partial charge in [0.1, 0.15) is 0 Å². The van der Waals surface area contributed by atoms with E-state index < -0.39 is 6.03 Å². The summed E-state index contributed by atoms with van der Waals surface area (Å²) in [7, 11) is 0. The Bertz CT molecular complexity index is 1310. The van der Waals surface area contributed by atoms with Gasteiger partial charge >= 0.3 is 6.03 Å². The number of hydrogen-bond donors (Lipinski definition) is 2. The van der Waals surface area contributed by atoms with Crippen molar-refractivity contribution in [1.29, 1.82) is 0 Å². The third kappa shape index (κ3) is 6.91. The van der Waals surface area contributed by atoms with Crippen LogP contribution in [0.1, 0.15) is 48.5 Å². The molecule has 2 N–H and O–H groups in total. The highest BCUT2D eigenvalue weighted by Crippen LogP contribution is 2.33. The quantitative estimate of drug-likeness (QED) is 0.311. The Balaban J connectivity index is 1.33. The zero-order valence-corrected chi connectivity index (χ0v) is 24.3. The van der Waals surface area contributed by atoms with Crippen LogP contribution in [0.3, 0.4) is 0 Å². The fourth-order valence-corrected chi connectivity index (χ4v) is 6.15. The van der Waals surface area contributed by atoms with Crippen LogP contribution in [0.15, 0.2) is 66.7 Å². The fourth-order valence-electron chi connectivity index (χ4n) is 5.66. The molecule has 0 radical (unpaired) electrons. The van der Waals surface area contributed by atoms with Crippen molar-refractivity contribution in [3.8, 4) is 0 Å². The number of nitrogens with zero attached hydrogens (tertiary/aromatic N) is 2. The van der Waals surface area contributed by atoms with Crippen molar-refractivity contribution >= 4 is 52.2 Å². The largest absolute Gasteiger partial charge is 0.371 e. The van der Waals surface area contributed by atoms with E-state index in [0.717, 1.165) is 64.0 Å². The maximum atomic E-state index is 13.8. The highest BCUT2D eigenvalue weighted by Gasteiger charge is 2.28. The van der Waals surface area contributed by atoms with Gasteiger partial charge in [-0.25, -0.2) is 4.79 Å². The molecule has 0 saturated carbocycles. The van der Waals surface area contributed by atoms with Gasteiger partial charge in [-0.1, -0.05) is 66.5 Å². The predicted molar refractivity (Wildman–Crippen MR) is 165 cm³/mol. The molecule has 5 rings (SSSR count). The average Bonchev–Trinajstić information content (AvgIpc) is 2.96. The number of carbonyl (C=O) groups is 2. The number of urea groups is 1. The summed E-state index contributed by atoms with van der Waals surface area (Å²) in [4.78, 5) is 30.9. The van der Waals surface area contributed by atoms with Crippen molar-refractivity contribution in [1.82, 2.24) is 4.90 Å². The van der Waals surface area contributed by atoms with Gasteiger partial charge in [0.25, 0.3) is 5.91 Å². The normalized spacial score (nSPS) is 16.6. The van der Waals surface area contributed by atoms with E-state index in [1.807, 2.05) is 17.0 Å². The maximum Gasteiger partial charge on any atom is 0.323 e. The first-order chi connectivity index (χ1) is 19.4. The summed E-state index contributed by atoms with van der Waals surface area (Å²) in [6, 6.07) is 20.9. The summed E-state index contributed by atoms with van der Waals surface area (Å²) in [6.07, 6.45) is 5.24. The van der Waals surface area contributed by atoms with Crippen LogP contribution in [-0.2, 0) is 6.42 Å². The number of nitrogens with one attached hydrogen (secondary N) is 2. The Kier molecular flexibility index (Phi) is 9.18. The second-order valence-corrected chi connectivity index (χ2v) is 11.8. The van der Waals surface area contributed by atoms with Crippen LogP contribution >= 0.6 is 23.2 Å². The first kappa shape index (κ1) is 28.3. The monoisotopic (exact) mass is 578 g/mol. The van der Waals surface area contributed by atoms with Gasteiger partial charge in [0, 0.05) is 37.6 Å². The molecule has 3 aromatic carbocycles. The molecule has 210 valence electrons. The van der Waals surface area contributed by atoms with Gasteiger partial charge in [0.15, 0.2) is 0 Å². The molecule has 3 aromatic rings. The van der Waals surface area contributed by atoms with E-state index in [0.29, 0.717) is 38.8 Å². The number of carbonyl (C=O) groups excluding carboxylic acids is 2. The molecule has 2 aliphatic rings. The lowest BCUT2D eigenvalue weighted by Gasteiger charge is -2.36. The minimum absolute atomic E-state index is 0.0199. The van der Waals surface area contributed by atoms with Crippen LogP contribution in [0.25, 0.3) is 0 Å². The SMILES string of the molecule is CC1CCN(C(=O)c2cc(NC(=O)Nc3c(Cl)cccc3Cl)ccc2N2CCC(Cc3ccccc3)CC2)CC1. The number of amides is 3. The van der Waals surface area contributed by atoms with Crippen molar-refractivity contribution in [3.05, 3.63) is 87.9 Å². The third-order valence-corrected chi connectivity index (χ3v) is 8.71. The minimum Gasteiger partial charge on any atom is -0.371 e. The van der Waals surface area contributed by atoms with Crippen molar-refractivity contribution in [2.75, 3.05) is 41.7 Å². The number of hydrogen-bond acceptors (Lipinski definition) is 3. The van der Waals surface area contributed by atoms with Crippen molar-refractivity contribution in [2.45, 2.75) is 39.0 Å². The molecule has 0 bridgehead atoms. The van der Waals surface area contributed by atoms with E-state index in [-0.39, 0.29) is 5.91 Å². The Hall–Kier alpha value is -3.22. The van der Waals surface area contributed by atoms with E-state index >= 15 is 0 Å². The molecule has 2 aliphatic heterocycles. The van der Waals surface area contributed by atoms with Crippen molar-refractivity contribution in [3.63, 3.8) is 0 Å². The molecule has 0 atom stereocenters. The maximum absolute atomic E-state index is 13.8. The zero-order chi connectivity index (χ0) is 28.1. The van der Waals surface area contributed by atoms with Crippen molar-refractivity contribution in [2.24, 2.45) is 11.8 Å². The minimum atomic E-state index is -0.477. The van der Waals surface area contributed by atoms with Gasteiger partial charge in [0.2, 0.25) is 0 Å². The third-order valence-electron chi connectivity index (χ3n) is 8.08. The summed E-state index contributed by atoms with van der Waals surface area (Å²) in [5.41, 5.74) is 3.82. The predicted octanol–water partition coefficient (Wildman–Crippen LogP) is 7.97. The molecular weight excluding hydrogens is 543 g/mol. The number of piperidine rings is 2. The van der Waals surface area contributed by atoms with Gasteiger partial charge in [-0.2, -0.15) is 0 Å². The standard InChI is InChI=1S/C32H36Cl2N4O2/c1-22-12-16-38(17-13-22)31(39)26-21-25(35-32(40)36-30-27(33)8-5-9-28(30)34)10-11-29(26)37-18-14-24(15-19-37)20-23-6-3-2-4-7-23/h2-11,21-22,24H,12-20H2,1H3,(H2,35,36,40). The van der Waals surface area contributed by atoms with Crippen molar-refractivity contribution < 1.29 is 9.59 Å². The molecule has 3 amide bonds. The lowest BCUT2D eigenvalue weighted by Crippen LogP contribution is -2.40. The Morgan fingerprint density at radius 3 is 2.17 bits per heavy atom. The number of likely N-dealkylation sites (tertiary alicyclic amines) is 1. The molecular formula is C32H36Cl2N4O2.